The summed E-state index contributed by atoms with van der Waals surface area (Å²) in [5.74, 6) is -1.13. The Hall–Kier alpha value is -1.26. The zero-order valence-corrected chi connectivity index (χ0v) is 12.0. The number of nitrogens with two attached hydrogens (primary N) is 1. The molecule has 1 nitrogen and oxygen atoms in total. The summed E-state index contributed by atoms with van der Waals surface area (Å²) >= 11 is 3.39. The first-order valence-corrected chi connectivity index (χ1v) is 6.72. The summed E-state index contributed by atoms with van der Waals surface area (Å²) in [6, 6.07) is 9.08. The normalized spacial score (nSPS) is 12.5. The minimum absolute atomic E-state index is 0.322. The Kier molecular flexibility index (Phi) is 4.32. The lowest BCUT2D eigenvalue weighted by Gasteiger charge is -2.15. The van der Waals surface area contributed by atoms with Crippen LogP contribution in [0.5, 0.6) is 0 Å². The summed E-state index contributed by atoms with van der Waals surface area (Å²) in [6.07, 6.45) is 0.337. The molecule has 2 rings (SSSR count). The molecule has 0 spiro atoms. The van der Waals surface area contributed by atoms with E-state index in [1.54, 1.807) is 0 Å². The minimum Gasteiger partial charge on any atom is -0.324 e. The summed E-state index contributed by atoms with van der Waals surface area (Å²) in [6.45, 7) is 1.96. The van der Waals surface area contributed by atoms with E-state index in [0.29, 0.717) is 12.0 Å². The molecule has 0 aliphatic heterocycles. The van der Waals surface area contributed by atoms with Crippen molar-refractivity contribution in [3.8, 4) is 0 Å². The van der Waals surface area contributed by atoms with Gasteiger partial charge in [0.25, 0.3) is 0 Å². The lowest BCUT2D eigenvalue weighted by Crippen LogP contribution is -2.15. The minimum atomic E-state index is -0.576. The van der Waals surface area contributed by atoms with Crippen molar-refractivity contribution in [2.24, 2.45) is 5.73 Å². The van der Waals surface area contributed by atoms with Crippen LogP contribution in [0, 0.1) is 18.6 Å². The highest BCUT2D eigenvalue weighted by Crippen LogP contribution is 2.24. The quantitative estimate of drug-likeness (QED) is 0.895. The molecule has 0 aliphatic carbocycles. The zero-order valence-electron chi connectivity index (χ0n) is 10.5. The van der Waals surface area contributed by atoms with Gasteiger partial charge in [0, 0.05) is 16.6 Å². The Balaban J connectivity index is 2.25. The van der Waals surface area contributed by atoms with E-state index in [9.17, 15) is 8.78 Å². The molecule has 1 unspecified atom stereocenters. The van der Waals surface area contributed by atoms with E-state index in [1.165, 1.54) is 12.1 Å². The van der Waals surface area contributed by atoms with Gasteiger partial charge < -0.3 is 5.73 Å². The smallest absolute Gasteiger partial charge is 0.129 e. The summed E-state index contributed by atoms with van der Waals surface area (Å²) in [5, 5.41) is 0. The summed E-state index contributed by atoms with van der Waals surface area (Å²) in [7, 11) is 0. The Bertz CT molecular complexity index is 599. The van der Waals surface area contributed by atoms with Gasteiger partial charge in [-0.2, -0.15) is 0 Å². The molecule has 2 aromatic carbocycles. The third-order valence-corrected chi connectivity index (χ3v) is 3.59. The average molecular weight is 326 g/mol. The van der Waals surface area contributed by atoms with E-state index in [2.05, 4.69) is 15.9 Å². The van der Waals surface area contributed by atoms with E-state index >= 15 is 0 Å². The van der Waals surface area contributed by atoms with Gasteiger partial charge in [0.2, 0.25) is 0 Å². The highest BCUT2D eigenvalue weighted by Gasteiger charge is 2.13. The molecule has 0 amide bonds. The van der Waals surface area contributed by atoms with Crippen LogP contribution in [0.15, 0.2) is 40.9 Å². The maximum atomic E-state index is 13.6. The second kappa shape index (κ2) is 5.80. The number of hydrogen-bond donors (Lipinski definition) is 1. The molecule has 0 radical (unpaired) electrons. The maximum Gasteiger partial charge on any atom is 0.129 e. The number of benzene rings is 2. The zero-order chi connectivity index (χ0) is 14.0. The molecule has 2 aromatic rings. The molecule has 0 aliphatic rings. The first kappa shape index (κ1) is 14.2. The lowest BCUT2D eigenvalue weighted by molar-refractivity contribution is 0.563. The van der Waals surface area contributed by atoms with Crippen LogP contribution in [0.4, 0.5) is 8.78 Å². The molecule has 0 saturated heterocycles. The first-order chi connectivity index (χ1) is 8.97. The second-order valence-corrected chi connectivity index (χ2v) is 5.46. The van der Waals surface area contributed by atoms with Gasteiger partial charge in [-0.15, -0.1) is 0 Å². The van der Waals surface area contributed by atoms with E-state index < -0.39 is 11.6 Å². The standard InChI is InChI=1S/C15H14BrF2N/c1-9-2-4-11(16)7-13(9)15(19)6-10-3-5-12(17)8-14(10)18/h2-5,7-8,15H,6,19H2,1H3. The van der Waals surface area contributed by atoms with Crippen LogP contribution in [0.1, 0.15) is 22.7 Å². The third-order valence-electron chi connectivity index (χ3n) is 3.10. The molecular weight excluding hydrogens is 312 g/mol. The van der Waals surface area contributed by atoms with Crippen molar-refractivity contribution >= 4 is 15.9 Å². The molecule has 2 N–H and O–H groups in total. The number of halogens is 3. The van der Waals surface area contributed by atoms with Gasteiger partial charge in [0.15, 0.2) is 0 Å². The van der Waals surface area contributed by atoms with E-state index in [4.69, 9.17) is 5.73 Å². The van der Waals surface area contributed by atoms with Crippen molar-refractivity contribution in [3.63, 3.8) is 0 Å². The van der Waals surface area contributed by atoms with Crippen LogP contribution in [0.3, 0.4) is 0 Å². The van der Waals surface area contributed by atoms with E-state index in [1.807, 2.05) is 25.1 Å². The second-order valence-electron chi connectivity index (χ2n) is 4.55. The molecule has 0 fully saturated rings. The predicted molar refractivity (Wildman–Crippen MR) is 75.9 cm³/mol. The van der Waals surface area contributed by atoms with Crippen molar-refractivity contribution in [1.29, 1.82) is 0 Å². The van der Waals surface area contributed by atoms with Crippen LogP contribution in [-0.2, 0) is 6.42 Å². The molecule has 100 valence electrons. The van der Waals surface area contributed by atoms with Gasteiger partial charge >= 0.3 is 0 Å². The van der Waals surface area contributed by atoms with Crippen molar-refractivity contribution in [2.75, 3.05) is 0 Å². The molecule has 19 heavy (non-hydrogen) atoms. The Morgan fingerprint density at radius 1 is 1.16 bits per heavy atom. The predicted octanol–water partition coefficient (Wildman–Crippen LogP) is 4.28. The molecule has 0 heterocycles. The van der Waals surface area contributed by atoms with Crippen molar-refractivity contribution < 1.29 is 8.78 Å². The van der Waals surface area contributed by atoms with Crippen LogP contribution in [0.25, 0.3) is 0 Å². The van der Waals surface area contributed by atoms with Gasteiger partial charge in [0.1, 0.15) is 11.6 Å². The summed E-state index contributed by atoms with van der Waals surface area (Å²) < 4.78 is 27.4. The van der Waals surface area contributed by atoms with Crippen molar-refractivity contribution in [3.05, 3.63) is 69.2 Å². The number of hydrogen-bond acceptors (Lipinski definition) is 1. The Labute approximate surface area is 119 Å². The summed E-state index contributed by atoms with van der Waals surface area (Å²) in [4.78, 5) is 0. The fourth-order valence-corrected chi connectivity index (χ4v) is 2.42. The van der Waals surface area contributed by atoms with Crippen LogP contribution < -0.4 is 5.73 Å². The highest BCUT2D eigenvalue weighted by molar-refractivity contribution is 9.10. The number of aryl methyl sites for hydroxylation is 1. The highest BCUT2D eigenvalue weighted by atomic mass is 79.9. The fourth-order valence-electron chi connectivity index (χ4n) is 2.04. The average Bonchev–Trinajstić information content (AvgIpc) is 2.35. The largest absolute Gasteiger partial charge is 0.324 e. The van der Waals surface area contributed by atoms with E-state index in [0.717, 1.165) is 21.7 Å². The van der Waals surface area contributed by atoms with Gasteiger partial charge in [0.05, 0.1) is 0 Å². The van der Waals surface area contributed by atoms with Crippen LogP contribution in [0.2, 0.25) is 0 Å². The van der Waals surface area contributed by atoms with Crippen molar-refractivity contribution in [1.82, 2.24) is 0 Å². The van der Waals surface area contributed by atoms with Gasteiger partial charge in [-0.3, -0.25) is 0 Å². The van der Waals surface area contributed by atoms with Crippen LogP contribution >= 0.6 is 15.9 Å². The molecule has 0 aromatic heterocycles. The molecule has 0 saturated carbocycles. The topological polar surface area (TPSA) is 26.0 Å². The van der Waals surface area contributed by atoms with Gasteiger partial charge in [-0.1, -0.05) is 28.1 Å². The molecular formula is C15H14BrF2N. The Morgan fingerprint density at radius 3 is 2.58 bits per heavy atom. The number of rotatable bonds is 3. The van der Waals surface area contributed by atoms with Crippen LogP contribution in [-0.4, -0.2) is 0 Å². The molecule has 0 bridgehead atoms. The first-order valence-electron chi connectivity index (χ1n) is 5.93. The SMILES string of the molecule is Cc1ccc(Br)cc1C(N)Cc1ccc(F)cc1F. The van der Waals surface area contributed by atoms with E-state index in [-0.39, 0.29) is 6.04 Å². The monoisotopic (exact) mass is 325 g/mol. The van der Waals surface area contributed by atoms with Crippen molar-refractivity contribution in [2.45, 2.75) is 19.4 Å². The molecule has 1 atom stereocenters. The fraction of sp³-hybridized carbons (Fsp3) is 0.200. The third kappa shape index (κ3) is 3.39. The van der Waals surface area contributed by atoms with Gasteiger partial charge in [-0.05, 0) is 48.2 Å². The van der Waals surface area contributed by atoms with Gasteiger partial charge in [-0.25, -0.2) is 8.78 Å². The molecule has 4 heteroatoms. The maximum absolute atomic E-state index is 13.6. The lowest BCUT2D eigenvalue weighted by atomic mass is 9.96. The Morgan fingerprint density at radius 2 is 1.89 bits per heavy atom. The summed E-state index contributed by atoms with van der Waals surface area (Å²) in [5.41, 5.74) is 8.56.